The normalized spacial score (nSPS) is 12.6. The number of halogens is 7. The lowest BCUT2D eigenvalue weighted by Gasteiger charge is -2.10. The van der Waals surface area contributed by atoms with Crippen molar-refractivity contribution in [1.82, 2.24) is 20.6 Å². The van der Waals surface area contributed by atoms with E-state index in [1.807, 2.05) is 0 Å². The SMILES string of the molecule is CCNC(=NCc1nc(C(F)(F)F)cs1)NCCc1nc(C(F)(F)F)cs1.I. The van der Waals surface area contributed by atoms with Crippen LogP contribution in [0.5, 0.6) is 0 Å². The lowest BCUT2D eigenvalue weighted by molar-refractivity contribution is -0.141. The molecule has 28 heavy (non-hydrogen) atoms. The molecule has 2 rings (SSSR count). The molecule has 0 fully saturated rings. The van der Waals surface area contributed by atoms with E-state index in [-0.39, 0.29) is 48.5 Å². The molecule has 0 saturated heterocycles. The summed E-state index contributed by atoms with van der Waals surface area (Å²) in [7, 11) is 0. The van der Waals surface area contributed by atoms with Crippen molar-refractivity contribution in [3.63, 3.8) is 0 Å². The van der Waals surface area contributed by atoms with Crippen molar-refractivity contribution in [3.8, 4) is 0 Å². The molecular weight excluding hydrogens is 543 g/mol. The summed E-state index contributed by atoms with van der Waals surface area (Å²) in [6.45, 7) is 2.53. The Hall–Kier alpha value is -1.16. The number of hydrogen-bond acceptors (Lipinski definition) is 5. The number of rotatable bonds is 6. The highest BCUT2D eigenvalue weighted by Crippen LogP contribution is 2.30. The summed E-state index contributed by atoms with van der Waals surface area (Å²) in [6, 6.07) is 0. The quantitative estimate of drug-likeness (QED) is 0.236. The average Bonchev–Trinajstić information content (AvgIpc) is 3.21. The molecule has 0 aliphatic heterocycles. The van der Waals surface area contributed by atoms with Crippen molar-refractivity contribution in [2.24, 2.45) is 4.99 Å². The first-order valence-corrected chi connectivity index (χ1v) is 9.41. The summed E-state index contributed by atoms with van der Waals surface area (Å²) < 4.78 is 75.1. The Kier molecular flexibility index (Phi) is 9.39. The van der Waals surface area contributed by atoms with Crippen LogP contribution in [0.4, 0.5) is 26.3 Å². The van der Waals surface area contributed by atoms with Gasteiger partial charge in [-0.05, 0) is 6.92 Å². The van der Waals surface area contributed by atoms with Gasteiger partial charge >= 0.3 is 12.4 Å². The number of nitrogens with one attached hydrogen (secondary N) is 2. The highest BCUT2D eigenvalue weighted by Gasteiger charge is 2.34. The summed E-state index contributed by atoms with van der Waals surface area (Å²) >= 11 is 1.76. The van der Waals surface area contributed by atoms with Gasteiger partial charge < -0.3 is 10.6 Å². The number of hydrogen-bond donors (Lipinski definition) is 2. The maximum atomic E-state index is 12.5. The van der Waals surface area contributed by atoms with Gasteiger partial charge in [0.15, 0.2) is 17.3 Å². The van der Waals surface area contributed by atoms with E-state index in [2.05, 4.69) is 25.6 Å². The van der Waals surface area contributed by atoms with Crippen molar-refractivity contribution in [2.75, 3.05) is 13.1 Å². The lowest BCUT2D eigenvalue weighted by Crippen LogP contribution is -2.38. The third-order valence-electron chi connectivity index (χ3n) is 3.03. The van der Waals surface area contributed by atoms with E-state index in [4.69, 9.17) is 0 Å². The van der Waals surface area contributed by atoms with E-state index in [1.165, 1.54) is 0 Å². The monoisotopic (exact) mass is 559 g/mol. The molecule has 0 amide bonds. The molecule has 0 aliphatic carbocycles. The molecule has 14 heteroatoms. The zero-order valence-electron chi connectivity index (χ0n) is 14.3. The molecule has 0 aromatic carbocycles. The number of aliphatic imine (C=N–C) groups is 1. The number of guanidine groups is 1. The van der Waals surface area contributed by atoms with E-state index < -0.39 is 23.7 Å². The zero-order valence-corrected chi connectivity index (χ0v) is 18.3. The van der Waals surface area contributed by atoms with E-state index in [9.17, 15) is 26.3 Å². The minimum Gasteiger partial charge on any atom is -0.357 e. The third-order valence-corrected chi connectivity index (χ3v) is 4.77. The second-order valence-electron chi connectivity index (χ2n) is 5.12. The molecule has 2 aromatic heterocycles. The van der Waals surface area contributed by atoms with Crippen LogP contribution in [0.25, 0.3) is 0 Å². The Morgan fingerprint density at radius 2 is 1.50 bits per heavy atom. The van der Waals surface area contributed by atoms with Crippen LogP contribution in [-0.4, -0.2) is 29.0 Å². The Morgan fingerprint density at radius 1 is 0.964 bits per heavy atom. The molecule has 0 atom stereocenters. The van der Waals surface area contributed by atoms with Crippen LogP contribution in [0.1, 0.15) is 28.3 Å². The van der Waals surface area contributed by atoms with Crippen molar-refractivity contribution < 1.29 is 26.3 Å². The van der Waals surface area contributed by atoms with Crippen LogP contribution >= 0.6 is 46.7 Å². The molecule has 5 nitrogen and oxygen atoms in total. The summed E-state index contributed by atoms with van der Waals surface area (Å²) in [5, 5.41) is 8.20. The van der Waals surface area contributed by atoms with Gasteiger partial charge in [0.05, 0.1) is 11.6 Å². The number of aromatic nitrogens is 2. The van der Waals surface area contributed by atoms with Gasteiger partial charge in [-0.15, -0.1) is 46.7 Å². The molecule has 0 aliphatic rings. The van der Waals surface area contributed by atoms with Gasteiger partial charge in [0, 0.05) is 30.3 Å². The molecule has 2 heterocycles. The fourth-order valence-corrected chi connectivity index (χ4v) is 3.38. The molecule has 0 spiro atoms. The van der Waals surface area contributed by atoms with Gasteiger partial charge in [0.2, 0.25) is 0 Å². The molecule has 0 bridgehead atoms. The summed E-state index contributed by atoms with van der Waals surface area (Å²) in [4.78, 5) is 11.1. The Balaban J connectivity index is 0.00000392. The van der Waals surface area contributed by atoms with Crippen LogP contribution in [-0.2, 0) is 25.3 Å². The maximum Gasteiger partial charge on any atom is 0.434 e. The maximum absolute atomic E-state index is 12.5. The zero-order chi connectivity index (χ0) is 20.1. The van der Waals surface area contributed by atoms with Gasteiger partial charge in [0.25, 0.3) is 0 Å². The van der Waals surface area contributed by atoms with Gasteiger partial charge in [-0.2, -0.15) is 26.3 Å². The van der Waals surface area contributed by atoms with E-state index in [0.717, 1.165) is 33.4 Å². The Bertz CT molecular complexity index is 771. The minimum atomic E-state index is -4.50. The van der Waals surface area contributed by atoms with Gasteiger partial charge in [-0.3, -0.25) is 0 Å². The van der Waals surface area contributed by atoms with E-state index in [1.54, 1.807) is 6.92 Å². The summed E-state index contributed by atoms with van der Waals surface area (Å²) in [5.41, 5.74) is -1.88. The third kappa shape index (κ3) is 7.69. The Labute approximate surface area is 181 Å². The van der Waals surface area contributed by atoms with Crippen LogP contribution in [0.15, 0.2) is 15.8 Å². The van der Waals surface area contributed by atoms with E-state index >= 15 is 0 Å². The number of thiazole rings is 2. The van der Waals surface area contributed by atoms with Crippen molar-refractivity contribution >= 4 is 52.6 Å². The smallest absolute Gasteiger partial charge is 0.357 e. The topological polar surface area (TPSA) is 62.2 Å². The second-order valence-corrected chi connectivity index (χ2v) is 7.01. The first-order chi connectivity index (χ1) is 12.6. The first kappa shape index (κ1) is 24.9. The standard InChI is InChI=1S/C14H15F6N5S2.HI/c1-2-21-12(23-5-11-25-9(7-27-11)14(18,19)20)22-4-3-10-24-8(6-26-10)13(15,16)17;/h6-7H,2-5H2,1H3,(H2,21,22,23);1H. The van der Waals surface area contributed by atoms with Crippen LogP contribution in [0.3, 0.4) is 0 Å². The predicted octanol–water partition coefficient (Wildman–Crippen LogP) is 4.55. The minimum absolute atomic E-state index is 0. The molecule has 2 N–H and O–H groups in total. The lowest BCUT2D eigenvalue weighted by atomic mass is 10.4. The highest BCUT2D eigenvalue weighted by atomic mass is 127. The van der Waals surface area contributed by atoms with Gasteiger partial charge in [-0.1, -0.05) is 0 Å². The molecule has 0 unspecified atom stereocenters. The van der Waals surface area contributed by atoms with Gasteiger partial charge in [0.1, 0.15) is 5.01 Å². The average molecular weight is 559 g/mol. The van der Waals surface area contributed by atoms with Gasteiger partial charge in [-0.25, -0.2) is 15.0 Å². The molecule has 0 radical (unpaired) electrons. The fourth-order valence-electron chi connectivity index (χ4n) is 1.85. The van der Waals surface area contributed by atoms with Crippen LogP contribution in [0, 0.1) is 0 Å². The van der Waals surface area contributed by atoms with Crippen molar-refractivity contribution in [2.45, 2.75) is 32.2 Å². The molecular formula is C14H16F6IN5S2. The summed E-state index contributed by atoms with van der Waals surface area (Å²) in [5.74, 6) is 0.328. The largest absolute Gasteiger partial charge is 0.434 e. The number of nitrogens with zero attached hydrogens (tertiary/aromatic N) is 3. The highest BCUT2D eigenvalue weighted by molar-refractivity contribution is 14.0. The van der Waals surface area contributed by atoms with Crippen LogP contribution < -0.4 is 10.6 Å². The van der Waals surface area contributed by atoms with Crippen molar-refractivity contribution in [3.05, 3.63) is 32.2 Å². The predicted molar refractivity (Wildman–Crippen MR) is 106 cm³/mol. The van der Waals surface area contributed by atoms with Crippen LogP contribution in [0.2, 0.25) is 0 Å². The first-order valence-electron chi connectivity index (χ1n) is 7.65. The summed E-state index contributed by atoms with van der Waals surface area (Å²) in [6.07, 6.45) is -8.72. The molecule has 2 aromatic rings. The molecule has 158 valence electrons. The van der Waals surface area contributed by atoms with Crippen molar-refractivity contribution in [1.29, 1.82) is 0 Å². The number of alkyl halides is 6. The second kappa shape index (κ2) is 10.6. The van der Waals surface area contributed by atoms with E-state index in [0.29, 0.717) is 17.5 Å². The molecule has 0 saturated carbocycles. The Morgan fingerprint density at radius 3 is 2.00 bits per heavy atom. The fraction of sp³-hybridized carbons (Fsp3) is 0.500.